The van der Waals surface area contributed by atoms with E-state index in [1.165, 1.54) is 5.69 Å². The minimum absolute atomic E-state index is 0.0977. The predicted octanol–water partition coefficient (Wildman–Crippen LogP) is 5.12. The van der Waals surface area contributed by atoms with Gasteiger partial charge in [-0.25, -0.2) is 4.98 Å². The number of fused-ring (bicyclic) bond motifs is 1. The molecule has 0 unspecified atom stereocenters. The summed E-state index contributed by atoms with van der Waals surface area (Å²) in [7, 11) is 2.16. The van der Waals surface area contributed by atoms with E-state index in [0.717, 1.165) is 47.3 Å². The molecule has 8 heteroatoms. The number of hydrogen-bond donors (Lipinski definition) is 1. The summed E-state index contributed by atoms with van der Waals surface area (Å²) in [4.78, 5) is 26.6. The minimum atomic E-state index is -0.0977. The zero-order valence-electron chi connectivity index (χ0n) is 20.4. The molecule has 0 amide bonds. The highest BCUT2D eigenvalue weighted by atomic mass is 79.9. The number of rotatable bonds is 5. The van der Waals surface area contributed by atoms with E-state index in [0.29, 0.717) is 18.1 Å². The Morgan fingerprint density at radius 1 is 0.943 bits per heavy atom. The summed E-state index contributed by atoms with van der Waals surface area (Å²) in [6, 6.07) is 19.5. The zero-order valence-corrected chi connectivity index (χ0v) is 22.0. The van der Waals surface area contributed by atoms with Crippen molar-refractivity contribution in [2.24, 2.45) is 0 Å². The van der Waals surface area contributed by atoms with Gasteiger partial charge in [0.15, 0.2) is 0 Å². The molecule has 2 aromatic carbocycles. The lowest BCUT2D eigenvalue weighted by atomic mass is 10.2. The topological polar surface area (TPSA) is 66.3 Å². The first kappa shape index (κ1) is 24.9. The second-order valence-electron chi connectivity index (χ2n) is 8.28. The van der Waals surface area contributed by atoms with Crippen LogP contribution in [0.1, 0.15) is 19.4 Å². The number of anilines is 3. The van der Waals surface area contributed by atoms with Crippen molar-refractivity contribution in [3.63, 3.8) is 0 Å². The van der Waals surface area contributed by atoms with Crippen molar-refractivity contribution in [3.05, 3.63) is 87.3 Å². The third-order valence-electron chi connectivity index (χ3n) is 6.00. The third kappa shape index (κ3) is 5.89. The van der Waals surface area contributed by atoms with Crippen LogP contribution in [0.15, 0.2) is 76.1 Å². The SMILES string of the molecule is CC.CN1CCN(c2ccc(Nc3ncc4ccc(=O)n(Cc5ccccc5Br)c4n3)cc2)CC1. The third-order valence-corrected chi connectivity index (χ3v) is 6.77. The molecule has 2 aromatic heterocycles. The number of pyridine rings is 1. The number of piperazine rings is 1. The molecule has 7 nitrogen and oxygen atoms in total. The molecule has 1 aliphatic rings. The molecule has 182 valence electrons. The molecule has 0 bridgehead atoms. The van der Waals surface area contributed by atoms with Gasteiger partial charge in [-0.2, -0.15) is 4.98 Å². The fourth-order valence-corrected chi connectivity index (χ4v) is 4.44. The van der Waals surface area contributed by atoms with E-state index in [9.17, 15) is 4.79 Å². The van der Waals surface area contributed by atoms with Gasteiger partial charge < -0.3 is 15.1 Å². The molecule has 0 saturated carbocycles. The molecule has 3 heterocycles. The van der Waals surface area contributed by atoms with E-state index in [1.54, 1.807) is 22.9 Å². The van der Waals surface area contributed by atoms with Gasteiger partial charge in [0.2, 0.25) is 5.95 Å². The number of nitrogens with one attached hydrogen (secondary N) is 1. The van der Waals surface area contributed by atoms with Gasteiger partial charge in [-0.1, -0.05) is 48.0 Å². The first-order chi connectivity index (χ1) is 17.1. The normalized spacial score (nSPS) is 13.9. The second-order valence-corrected chi connectivity index (χ2v) is 9.14. The van der Waals surface area contributed by atoms with Gasteiger partial charge in [0, 0.05) is 59.7 Å². The van der Waals surface area contributed by atoms with E-state index in [2.05, 4.69) is 60.2 Å². The van der Waals surface area contributed by atoms with Gasteiger partial charge in [-0.05, 0) is 49.0 Å². The maximum absolute atomic E-state index is 12.7. The average molecular weight is 535 g/mol. The number of halogens is 1. The van der Waals surface area contributed by atoms with Crippen LogP contribution >= 0.6 is 15.9 Å². The van der Waals surface area contributed by atoms with Crippen molar-refractivity contribution in [2.45, 2.75) is 20.4 Å². The fraction of sp³-hybridized carbons (Fsp3) is 0.296. The van der Waals surface area contributed by atoms with E-state index in [4.69, 9.17) is 0 Å². The lowest BCUT2D eigenvalue weighted by molar-refractivity contribution is 0.313. The Bertz CT molecular complexity index is 1330. The summed E-state index contributed by atoms with van der Waals surface area (Å²) in [5.74, 6) is 0.460. The Labute approximate surface area is 214 Å². The van der Waals surface area contributed by atoms with Crippen molar-refractivity contribution in [3.8, 4) is 0 Å². The predicted molar refractivity (Wildman–Crippen MR) is 148 cm³/mol. The Hall–Kier alpha value is -3.23. The van der Waals surface area contributed by atoms with Crippen LogP contribution in [0, 0.1) is 0 Å². The summed E-state index contributed by atoms with van der Waals surface area (Å²) in [6.45, 7) is 8.64. The van der Waals surface area contributed by atoms with Crippen molar-refractivity contribution in [1.82, 2.24) is 19.4 Å². The summed E-state index contributed by atoms with van der Waals surface area (Å²) in [5, 5.41) is 4.10. The maximum Gasteiger partial charge on any atom is 0.252 e. The smallest absolute Gasteiger partial charge is 0.252 e. The van der Waals surface area contributed by atoms with Crippen LogP contribution in [0.2, 0.25) is 0 Å². The molecule has 0 radical (unpaired) electrons. The maximum atomic E-state index is 12.7. The Balaban J connectivity index is 0.00000141. The van der Waals surface area contributed by atoms with Gasteiger partial charge in [0.25, 0.3) is 5.56 Å². The van der Waals surface area contributed by atoms with Crippen molar-refractivity contribution >= 4 is 44.3 Å². The molecule has 1 N–H and O–H groups in total. The largest absolute Gasteiger partial charge is 0.369 e. The van der Waals surface area contributed by atoms with Gasteiger partial charge in [-0.15, -0.1) is 0 Å². The summed E-state index contributed by atoms with van der Waals surface area (Å²) in [5.41, 5.74) is 3.64. The monoisotopic (exact) mass is 534 g/mol. The van der Waals surface area contributed by atoms with Gasteiger partial charge in [0.1, 0.15) is 5.65 Å². The summed E-state index contributed by atoms with van der Waals surface area (Å²) < 4.78 is 2.64. The first-order valence-corrected chi connectivity index (χ1v) is 12.8. The summed E-state index contributed by atoms with van der Waals surface area (Å²) >= 11 is 3.57. The van der Waals surface area contributed by atoms with E-state index in [1.807, 2.05) is 50.2 Å². The number of benzene rings is 2. The molecule has 1 saturated heterocycles. The minimum Gasteiger partial charge on any atom is -0.369 e. The Kier molecular flexibility index (Phi) is 8.15. The number of nitrogens with zero attached hydrogens (tertiary/aromatic N) is 5. The zero-order chi connectivity index (χ0) is 24.8. The van der Waals surface area contributed by atoms with Crippen molar-refractivity contribution < 1.29 is 0 Å². The molecule has 0 atom stereocenters. The van der Waals surface area contributed by atoms with Crippen LogP contribution < -0.4 is 15.8 Å². The molecule has 35 heavy (non-hydrogen) atoms. The van der Waals surface area contributed by atoms with Crippen LogP contribution in [-0.4, -0.2) is 52.7 Å². The van der Waals surface area contributed by atoms with E-state index >= 15 is 0 Å². The molecule has 0 aliphatic carbocycles. The summed E-state index contributed by atoms with van der Waals surface area (Å²) in [6.07, 6.45) is 1.75. The van der Waals surface area contributed by atoms with Crippen LogP contribution in [0.4, 0.5) is 17.3 Å². The van der Waals surface area contributed by atoms with Gasteiger partial charge >= 0.3 is 0 Å². The first-order valence-electron chi connectivity index (χ1n) is 12.0. The Morgan fingerprint density at radius 2 is 1.66 bits per heavy atom. The van der Waals surface area contributed by atoms with Crippen molar-refractivity contribution in [2.75, 3.05) is 43.4 Å². The average Bonchev–Trinajstić information content (AvgIpc) is 2.89. The van der Waals surface area contributed by atoms with Crippen LogP contribution in [0.3, 0.4) is 0 Å². The van der Waals surface area contributed by atoms with Crippen LogP contribution in [-0.2, 0) is 6.54 Å². The molecule has 4 aromatic rings. The standard InChI is InChI=1S/C25H25BrN6O.C2H6/c1-30-12-14-31(15-13-30)21-9-7-20(8-10-21)28-25-27-16-18-6-11-23(33)32(24(18)29-25)17-19-4-2-3-5-22(19)26;1-2/h2-11,16H,12-15,17H2,1H3,(H,27,28,29);1-2H3. The molecule has 1 fully saturated rings. The van der Waals surface area contributed by atoms with Gasteiger partial charge in [0.05, 0.1) is 6.54 Å². The lowest BCUT2D eigenvalue weighted by Gasteiger charge is -2.34. The van der Waals surface area contributed by atoms with Crippen molar-refractivity contribution in [1.29, 1.82) is 0 Å². The molecular weight excluding hydrogens is 504 g/mol. The number of likely N-dealkylation sites (N-methyl/N-ethyl adjacent to an activating group) is 1. The number of aromatic nitrogens is 3. The van der Waals surface area contributed by atoms with E-state index in [-0.39, 0.29) is 5.56 Å². The highest BCUT2D eigenvalue weighted by molar-refractivity contribution is 9.10. The van der Waals surface area contributed by atoms with Crippen LogP contribution in [0.5, 0.6) is 0 Å². The molecule has 1 aliphatic heterocycles. The second kappa shape index (κ2) is 11.5. The fourth-order valence-electron chi connectivity index (χ4n) is 4.03. The molecular formula is C27H31BrN6O. The molecule has 5 rings (SSSR count). The highest BCUT2D eigenvalue weighted by Gasteiger charge is 2.14. The highest BCUT2D eigenvalue weighted by Crippen LogP contribution is 2.22. The Morgan fingerprint density at radius 3 is 2.37 bits per heavy atom. The lowest BCUT2D eigenvalue weighted by Crippen LogP contribution is -2.44. The number of hydrogen-bond acceptors (Lipinski definition) is 6. The van der Waals surface area contributed by atoms with Gasteiger partial charge in [-0.3, -0.25) is 9.36 Å². The quantitative estimate of drug-likeness (QED) is 0.383. The molecule has 0 spiro atoms. The van der Waals surface area contributed by atoms with E-state index < -0.39 is 0 Å². The van der Waals surface area contributed by atoms with Crippen LogP contribution in [0.25, 0.3) is 11.0 Å².